The van der Waals surface area contributed by atoms with Gasteiger partial charge in [0.2, 0.25) is 7.37 Å². The standard InChI is InChI=1S/C29H37N2O5PSi.C26H30N2O5Si.C5H14O5P2/c1-21-20-31(28(33)30-27(21)32)26-19-25(24(35-26)17-18-37(5,6)34)36-38(29(2,3)4,22-13-9-7-10-14-22)23-15-11-8-12-16-23;1-18-16-28(25(31)27-24(18)30)23-15-21(22(17-29)32-23)33-34(26(2,3)4,19-11-7-5-8-12-19)20-13-9-6-10-14-20;1-8-11(4,6)5-12(7,9-2)10-3/h7-18,20,24-26H,19H2,1-6H3,(H,30,32,33);5-14,16-17,21-23H,15H2,1-4H3,(H,27,30,31);5H2,1-4H3/b18-17+;;/t24-,25-,26-;21-,22-,23-;/m11./s1. The number of rotatable bonds is 18. The first kappa shape index (κ1) is 67.6. The topological polar surface area (TPSA) is 243 Å². The molecule has 0 aliphatic carbocycles. The third kappa shape index (κ3) is 15.9. The summed E-state index contributed by atoms with van der Waals surface area (Å²) in [6, 6.07) is 41.0. The van der Waals surface area contributed by atoms with Crippen molar-refractivity contribution in [3.63, 3.8) is 0 Å². The summed E-state index contributed by atoms with van der Waals surface area (Å²) in [6.45, 7) is 21.2. The molecule has 454 valence electrons. The Morgan fingerprint density at radius 2 is 0.893 bits per heavy atom. The zero-order valence-corrected chi connectivity index (χ0v) is 55.1. The van der Waals surface area contributed by atoms with E-state index in [1.165, 1.54) is 49.5 Å². The molecule has 8 rings (SSSR count). The molecular formula is C60H81N4O15P3Si2. The first-order valence-corrected chi connectivity index (χ1v) is 37.9. The average Bonchev–Trinajstić information content (AvgIpc) is 4.08. The third-order valence-corrected chi connectivity index (χ3v) is 31.1. The second kappa shape index (κ2) is 27.9. The van der Waals surface area contributed by atoms with Crippen LogP contribution < -0.4 is 43.2 Å². The highest BCUT2D eigenvalue weighted by Gasteiger charge is 2.55. The molecule has 2 aliphatic rings. The van der Waals surface area contributed by atoms with Crippen LogP contribution in [0, 0.1) is 13.8 Å². The first-order chi connectivity index (χ1) is 39.4. The van der Waals surface area contributed by atoms with Crippen molar-refractivity contribution in [2.45, 2.75) is 115 Å². The van der Waals surface area contributed by atoms with Crippen molar-refractivity contribution >= 4 is 65.8 Å². The summed E-state index contributed by atoms with van der Waals surface area (Å²) in [5, 5.41) is 3.94. The molecule has 19 nitrogen and oxygen atoms in total. The molecular weight excluding hydrogens is 1170 g/mol. The van der Waals surface area contributed by atoms with E-state index in [1.807, 2.05) is 78.9 Å². The molecule has 24 heteroatoms. The predicted octanol–water partition coefficient (Wildman–Crippen LogP) is 8.47. The highest BCUT2D eigenvalue weighted by Crippen LogP contribution is 2.60. The molecule has 2 N–H and O–H groups in total. The van der Waals surface area contributed by atoms with Gasteiger partial charge in [0, 0.05) is 64.4 Å². The molecule has 6 aromatic rings. The van der Waals surface area contributed by atoms with Crippen molar-refractivity contribution in [3.8, 4) is 0 Å². The average molecular weight is 1250 g/mol. The largest absolute Gasteiger partial charge is 0.401 e. The first-order valence-electron chi connectivity index (χ1n) is 27.4. The van der Waals surface area contributed by atoms with Crippen molar-refractivity contribution in [2.75, 3.05) is 47.2 Å². The number of nitrogens with zero attached hydrogens (tertiary/aromatic N) is 2. The van der Waals surface area contributed by atoms with Gasteiger partial charge in [-0.25, -0.2) is 9.59 Å². The second-order valence-electron chi connectivity index (χ2n) is 23.4. The smallest absolute Gasteiger partial charge is 0.339 e. The number of aldehydes is 1. The molecule has 0 radical (unpaired) electrons. The van der Waals surface area contributed by atoms with Gasteiger partial charge < -0.3 is 41.3 Å². The number of ether oxygens (including phenoxy) is 2. The summed E-state index contributed by atoms with van der Waals surface area (Å²) < 4.78 is 78.8. The summed E-state index contributed by atoms with van der Waals surface area (Å²) in [5.41, 5.74) is -1.15. The number of H-pyrrole nitrogens is 2. The molecule has 2 saturated heterocycles. The third-order valence-electron chi connectivity index (χ3n) is 14.8. The van der Waals surface area contributed by atoms with E-state index >= 15 is 0 Å². The lowest BCUT2D eigenvalue weighted by molar-refractivity contribution is -0.122. The van der Waals surface area contributed by atoms with E-state index in [9.17, 15) is 37.7 Å². The van der Waals surface area contributed by atoms with Crippen LogP contribution in [0.1, 0.15) is 78.0 Å². The Balaban J connectivity index is 0.000000227. The van der Waals surface area contributed by atoms with Gasteiger partial charge in [-0.05, 0) is 69.9 Å². The summed E-state index contributed by atoms with van der Waals surface area (Å²) >= 11 is 0. The molecule has 2 aliphatic heterocycles. The fourth-order valence-electron chi connectivity index (χ4n) is 10.5. The fourth-order valence-corrected chi connectivity index (χ4v) is 24.5. The van der Waals surface area contributed by atoms with Crippen LogP contribution in [-0.4, -0.2) is 114 Å². The molecule has 0 bridgehead atoms. The molecule has 1 unspecified atom stereocenters. The van der Waals surface area contributed by atoms with Crippen LogP contribution in [0.2, 0.25) is 10.1 Å². The van der Waals surface area contributed by atoms with Gasteiger partial charge in [-0.15, -0.1) is 0 Å². The van der Waals surface area contributed by atoms with Crippen molar-refractivity contribution in [1.82, 2.24) is 19.1 Å². The molecule has 0 amide bonds. The van der Waals surface area contributed by atoms with Crippen LogP contribution in [0.4, 0.5) is 0 Å². The van der Waals surface area contributed by atoms with Crippen molar-refractivity contribution < 1.29 is 50.4 Å². The molecule has 2 fully saturated rings. The SMILES string of the molecule is COP(C)(=O)CP(=O)(OC)OC.Cc1cn([C@H]2C[C@@H](O[Si](c3ccccc3)(c3ccccc3)C(C)(C)C)[C@@H](/C=C/P(C)(C)=O)O2)c(=O)[nH]c1=O.Cc1cn([C@H]2C[C@@H](O[Si](c3ccccc3)(c3ccccc3)C(C)(C)C)[C@@H](C=O)O2)c(=O)[nH]c1=O. The van der Waals surface area contributed by atoms with Crippen LogP contribution in [0.25, 0.3) is 0 Å². The van der Waals surface area contributed by atoms with E-state index in [2.05, 4.69) is 114 Å². The van der Waals surface area contributed by atoms with Crippen molar-refractivity contribution in [3.05, 3.63) is 198 Å². The van der Waals surface area contributed by atoms with Crippen molar-refractivity contribution in [1.29, 1.82) is 0 Å². The second-order valence-corrected chi connectivity index (χ2v) is 40.6. The number of hydrogen-bond acceptors (Lipinski definition) is 15. The predicted molar refractivity (Wildman–Crippen MR) is 336 cm³/mol. The number of nitrogens with one attached hydrogen (secondary N) is 2. The Labute approximate surface area is 493 Å². The van der Waals surface area contributed by atoms with Crippen LogP contribution in [0.15, 0.2) is 165 Å². The van der Waals surface area contributed by atoms with Gasteiger partial charge in [-0.1, -0.05) is 163 Å². The number of hydrogen-bond donors (Lipinski definition) is 2. The van der Waals surface area contributed by atoms with E-state index in [0.29, 0.717) is 24.0 Å². The van der Waals surface area contributed by atoms with Crippen LogP contribution >= 0.6 is 22.1 Å². The highest BCUT2D eigenvalue weighted by atomic mass is 31.2. The fraction of sp³-hybridized carbons (Fsp3) is 0.417. The highest BCUT2D eigenvalue weighted by molar-refractivity contribution is 7.73. The maximum atomic E-state index is 12.7. The lowest BCUT2D eigenvalue weighted by atomic mass is 10.2. The molecule has 0 spiro atoms. The Hall–Kier alpha value is -5.51. The van der Waals surface area contributed by atoms with E-state index < -0.39 is 98.1 Å². The Morgan fingerprint density at radius 1 is 0.560 bits per heavy atom. The monoisotopic (exact) mass is 1250 g/mol. The zero-order chi connectivity index (χ0) is 62.1. The zero-order valence-electron chi connectivity index (χ0n) is 50.4. The van der Waals surface area contributed by atoms with E-state index in [4.69, 9.17) is 18.3 Å². The lowest BCUT2D eigenvalue weighted by Crippen LogP contribution is -2.68. The summed E-state index contributed by atoms with van der Waals surface area (Å²) in [7, 11) is -10.6. The van der Waals surface area contributed by atoms with Crippen LogP contribution in [0.5, 0.6) is 0 Å². The lowest BCUT2D eigenvalue weighted by Gasteiger charge is -2.45. The minimum Gasteiger partial charge on any atom is -0.401 e. The molecule has 4 aromatic carbocycles. The molecule has 2 aromatic heterocycles. The number of aromatic amines is 2. The number of carbonyl (C=O) groups excluding carboxylic acids is 1. The molecule has 4 heterocycles. The number of aromatic nitrogens is 4. The maximum Gasteiger partial charge on any atom is 0.339 e. The van der Waals surface area contributed by atoms with Gasteiger partial charge in [0.05, 0.1) is 12.2 Å². The van der Waals surface area contributed by atoms with Gasteiger partial charge in [-0.2, -0.15) is 0 Å². The normalized spacial score (nSPS) is 20.3. The molecule has 0 saturated carbocycles. The molecule has 84 heavy (non-hydrogen) atoms. The van der Waals surface area contributed by atoms with Gasteiger partial charge in [-0.3, -0.25) is 37.8 Å². The summed E-state index contributed by atoms with van der Waals surface area (Å²) in [6.07, 6.45) is 2.52. The van der Waals surface area contributed by atoms with E-state index in [0.717, 1.165) is 27.0 Å². The van der Waals surface area contributed by atoms with Crippen molar-refractivity contribution in [2.24, 2.45) is 0 Å². The summed E-state index contributed by atoms with van der Waals surface area (Å²) in [4.78, 5) is 65.8. The quantitative estimate of drug-likeness (QED) is 0.0466. The minimum atomic E-state index is -3.21. The van der Waals surface area contributed by atoms with Crippen LogP contribution in [-0.2, 0) is 50.4 Å². The number of benzene rings is 4. The number of aryl methyl sites for hydroxylation is 2. The van der Waals surface area contributed by atoms with Crippen LogP contribution in [0.3, 0.4) is 0 Å². The van der Waals surface area contributed by atoms with Gasteiger partial charge in [0.25, 0.3) is 27.8 Å². The Morgan fingerprint density at radius 3 is 1.19 bits per heavy atom. The van der Waals surface area contributed by atoms with E-state index in [-0.39, 0.29) is 16.0 Å². The van der Waals surface area contributed by atoms with Gasteiger partial charge in [0.15, 0.2) is 6.29 Å². The van der Waals surface area contributed by atoms with Gasteiger partial charge >= 0.3 is 19.0 Å². The van der Waals surface area contributed by atoms with E-state index in [1.54, 1.807) is 33.0 Å². The maximum absolute atomic E-state index is 12.7. The Bertz CT molecular complexity index is 3510. The van der Waals surface area contributed by atoms with Gasteiger partial charge in [0.1, 0.15) is 37.7 Å². The minimum absolute atomic E-state index is 0.191. The Kier molecular flexibility index (Phi) is 22.5. The summed E-state index contributed by atoms with van der Waals surface area (Å²) in [5.74, 6) is 1.51. The molecule has 7 atom stereocenters. The number of carbonyl (C=O) groups is 1.